The zero-order valence-corrected chi connectivity index (χ0v) is 11.3. The Balaban J connectivity index is 3.02. The summed E-state index contributed by atoms with van der Waals surface area (Å²) in [6.45, 7) is 5.84. The van der Waals surface area contributed by atoms with Gasteiger partial charge >= 0.3 is 0 Å². The largest absolute Gasteiger partial charge is 0.381 e. The molecule has 0 aliphatic carbocycles. The molecule has 0 atom stereocenters. The molecule has 1 aromatic carbocycles. The minimum Gasteiger partial charge on any atom is -0.381 e. The Kier molecular flexibility index (Phi) is 4.30. The van der Waals surface area contributed by atoms with E-state index in [9.17, 15) is 4.39 Å². The summed E-state index contributed by atoms with van der Waals surface area (Å²) in [5.74, 6) is -0.262. The van der Waals surface area contributed by atoms with Crippen LogP contribution in [0.25, 0.3) is 5.57 Å². The third-order valence-electron chi connectivity index (χ3n) is 2.37. The van der Waals surface area contributed by atoms with Gasteiger partial charge in [-0.25, -0.2) is 4.39 Å². The molecule has 1 rings (SSSR count). The van der Waals surface area contributed by atoms with Crippen molar-refractivity contribution in [3.63, 3.8) is 0 Å². The lowest BCUT2D eigenvalue weighted by atomic mass is 10.1. The third-order valence-corrected chi connectivity index (χ3v) is 2.86. The molecular weight excluding hydrogens is 269 g/mol. The number of hydrogen-bond acceptors (Lipinski definition) is 1. The highest BCUT2D eigenvalue weighted by Gasteiger charge is 2.05. The van der Waals surface area contributed by atoms with Gasteiger partial charge in [0, 0.05) is 29.8 Å². The monoisotopic (exact) mass is 283 g/mol. The molecular formula is C13H15BrFN. The first-order valence-electron chi connectivity index (χ1n) is 4.91. The SMILES string of the molecule is C=C(/C=C(\C)N(C)C)c1ccc(Br)cc1F. The van der Waals surface area contributed by atoms with Crippen molar-refractivity contribution in [1.82, 2.24) is 4.90 Å². The average Bonchev–Trinajstić information content (AvgIpc) is 2.16. The van der Waals surface area contributed by atoms with Crippen molar-refractivity contribution >= 4 is 21.5 Å². The Morgan fingerprint density at radius 2 is 2.06 bits per heavy atom. The maximum Gasteiger partial charge on any atom is 0.132 e. The maximum atomic E-state index is 13.6. The van der Waals surface area contributed by atoms with E-state index in [0.717, 1.165) is 10.2 Å². The maximum absolute atomic E-state index is 13.6. The van der Waals surface area contributed by atoms with Crippen LogP contribution < -0.4 is 0 Å². The zero-order valence-electron chi connectivity index (χ0n) is 9.72. The molecule has 86 valence electrons. The van der Waals surface area contributed by atoms with Gasteiger partial charge in [0.2, 0.25) is 0 Å². The van der Waals surface area contributed by atoms with E-state index in [1.165, 1.54) is 6.07 Å². The first-order chi connectivity index (χ1) is 7.41. The summed E-state index contributed by atoms with van der Waals surface area (Å²) in [5, 5.41) is 0. The first-order valence-corrected chi connectivity index (χ1v) is 5.71. The van der Waals surface area contributed by atoms with Crippen LogP contribution in [0.15, 0.2) is 41.0 Å². The molecule has 0 spiro atoms. The number of benzene rings is 1. The first kappa shape index (κ1) is 13.0. The van der Waals surface area contributed by atoms with Gasteiger partial charge in [-0.1, -0.05) is 28.6 Å². The number of rotatable bonds is 3. The smallest absolute Gasteiger partial charge is 0.132 e. The normalized spacial score (nSPS) is 11.4. The number of nitrogens with zero attached hydrogens (tertiary/aromatic N) is 1. The second-order valence-electron chi connectivity index (χ2n) is 3.83. The van der Waals surface area contributed by atoms with E-state index in [2.05, 4.69) is 22.5 Å². The molecule has 1 nitrogen and oxygen atoms in total. The summed E-state index contributed by atoms with van der Waals surface area (Å²) in [6.07, 6.45) is 1.87. The van der Waals surface area contributed by atoms with Gasteiger partial charge in [-0.3, -0.25) is 0 Å². The number of allylic oxidation sites excluding steroid dienone is 3. The fraction of sp³-hybridized carbons (Fsp3) is 0.231. The van der Waals surface area contributed by atoms with Crippen LogP contribution in [-0.4, -0.2) is 19.0 Å². The molecule has 0 heterocycles. The number of hydrogen-bond donors (Lipinski definition) is 0. The summed E-state index contributed by atoms with van der Waals surface area (Å²) >= 11 is 3.23. The van der Waals surface area contributed by atoms with E-state index in [1.54, 1.807) is 6.07 Å². The van der Waals surface area contributed by atoms with E-state index in [4.69, 9.17) is 0 Å². The van der Waals surface area contributed by atoms with Crippen LogP contribution >= 0.6 is 15.9 Å². The van der Waals surface area contributed by atoms with Crippen molar-refractivity contribution in [1.29, 1.82) is 0 Å². The topological polar surface area (TPSA) is 3.24 Å². The van der Waals surface area contributed by atoms with Crippen LogP contribution in [0.5, 0.6) is 0 Å². The van der Waals surface area contributed by atoms with Gasteiger partial charge in [0.25, 0.3) is 0 Å². The lowest BCUT2D eigenvalue weighted by Crippen LogP contribution is -2.08. The van der Waals surface area contributed by atoms with E-state index in [-0.39, 0.29) is 5.82 Å². The van der Waals surface area contributed by atoms with Gasteiger partial charge in [0.15, 0.2) is 0 Å². The van der Waals surface area contributed by atoms with Gasteiger partial charge in [-0.05, 0) is 30.7 Å². The fourth-order valence-electron chi connectivity index (χ4n) is 1.21. The quantitative estimate of drug-likeness (QED) is 0.756. The molecule has 0 saturated carbocycles. The molecule has 0 amide bonds. The summed E-state index contributed by atoms with van der Waals surface area (Å²) in [7, 11) is 3.88. The molecule has 0 unspecified atom stereocenters. The van der Waals surface area contributed by atoms with Gasteiger partial charge < -0.3 is 4.90 Å². The Labute approximate surface area is 104 Å². The molecule has 0 aliphatic rings. The van der Waals surface area contributed by atoms with E-state index >= 15 is 0 Å². The summed E-state index contributed by atoms with van der Waals surface area (Å²) < 4.78 is 14.4. The van der Waals surface area contributed by atoms with Crippen LogP contribution in [0.3, 0.4) is 0 Å². The zero-order chi connectivity index (χ0) is 12.3. The van der Waals surface area contributed by atoms with Crippen LogP contribution in [0.2, 0.25) is 0 Å². The minimum atomic E-state index is -0.262. The minimum absolute atomic E-state index is 0.262. The fourth-order valence-corrected chi connectivity index (χ4v) is 1.54. The highest BCUT2D eigenvalue weighted by atomic mass is 79.9. The van der Waals surface area contributed by atoms with Crippen LogP contribution in [-0.2, 0) is 0 Å². The third kappa shape index (κ3) is 3.20. The standard InChI is InChI=1S/C13H15BrFN/c1-9(7-10(2)16(3)4)12-6-5-11(14)8-13(12)15/h5-8H,1H2,2-4H3/b10-7+. The van der Waals surface area contributed by atoms with Crippen molar-refractivity contribution in [3.05, 3.63) is 52.4 Å². The summed E-state index contributed by atoms with van der Waals surface area (Å²) in [4.78, 5) is 1.96. The molecule has 0 aromatic heterocycles. The highest BCUT2D eigenvalue weighted by molar-refractivity contribution is 9.10. The van der Waals surface area contributed by atoms with Crippen molar-refractivity contribution < 1.29 is 4.39 Å². The predicted molar refractivity (Wildman–Crippen MR) is 70.6 cm³/mol. The van der Waals surface area contributed by atoms with Crippen LogP contribution in [0.1, 0.15) is 12.5 Å². The molecule has 0 radical (unpaired) electrons. The number of halogens is 2. The van der Waals surface area contributed by atoms with Crippen LogP contribution in [0.4, 0.5) is 4.39 Å². The van der Waals surface area contributed by atoms with Gasteiger partial charge in [0.05, 0.1) is 0 Å². The summed E-state index contributed by atoms with van der Waals surface area (Å²) in [5.41, 5.74) is 2.24. The van der Waals surface area contributed by atoms with Gasteiger partial charge in [-0.2, -0.15) is 0 Å². The van der Waals surface area contributed by atoms with E-state index < -0.39 is 0 Å². The van der Waals surface area contributed by atoms with Gasteiger partial charge in [-0.15, -0.1) is 0 Å². The van der Waals surface area contributed by atoms with Crippen molar-refractivity contribution in [2.45, 2.75) is 6.92 Å². The molecule has 0 bridgehead atoms. The molecule has 1 aromatic rings. The molecule has 0 N–H and O–H groups in total. The molecule has 0 aliphatic heterocycles. The lowest BCUT2D eigenvalue weighted by molar-refractivity contribution is 0.514. The van der Waals surface area contributed by atoms with E-state index in [1.807, 2.05) is 38.1 Å². The highest BCUT2D eigenvalue weighted by Crippen LogP contribution is 2.22. The second-order valence-corrected chi connectivity index (χ2v) is 4.75. The van der Waals surface area contributed by atoms with Crippen LogP contribution in [0, 0.1) is 5.82 Å². The molecule has 3 heteroatoms. The lowest BCUT2D eigenvalue weighted by Gasteiger charge is -2.13. The Hall–Kier alpha value is -1.09. The Bertz CT molecular complexity index is 436. The molecule has 0 saturated heterocycles. The van der Waals surface area contributed by atoms with Crippen molar-refractivity contribution in [3.8, 4) is 0 Å². The Morgan fingerprint density at radius 1 is 1.44 bits per heavy atom. The van der Waals surface area contributed by atoms with Gasteiger partial charge in [0.1, 0.15) is 5.82 Å². The average molecular weight is 284 g/mol. The predicted octanol–water partition coefficient (Wildman–Crippen LogP) is 4.07. The second kappa shape index (κ2) is 5.30. The van der Waals surface area contributed by atoms with Crippen molar-refractivity contribution in [2.75, 3.05) is 14.1 Å². The van der Waals surface area contributed by atoms with E-state index in [0.29, 0.717) is 11.1 Å². The molecule has 0 fully saturated rings. The molecule has 16 heavy (non-hydrogen) atoms. The Morgan fingerprint density at radius 3 is 2.56 bits per heavy atom. The summed E-state index contributed by atoms with van der Waals surface area (Å²) in [6, 6.07) is 4.98. The van der Waals surface area contributed by atoms with Crippen molar-refractivity contribution in [2.24, 2.45) is 0 Å².